The molecule has 0 aromatic heterocycles. The Morgan fingerprint density at radius 3 is 2.55 bits per heavy atom. The normalized spacial score (nSPS) is 11.1. The van der Waals surface area contributed by atoms with E-state index in [0.29, 0.717) is 11.3 Å². The molecule has 0 spiro atoms. The fraction of sp³-hybridized carbons (Fsp3) is 0.250. The van der Waals surface area contributed by atoms with Gasteiger partial charge in [-0.05, 0) is 29.8 Å². The van der Waals surface area contributed by atoms with E-state index in [1.165, 1.54) is 19.2 Å². The van der Waals surface area contributed by atoms with E-state index in [2.05, 4.69) is 17.5 Å². The van der Waals surface area contributed by atoms with Gasteiger partial charge in [-0.2, -0.15) is 13.2 Å². The van der Waals surface area contributed by atoms with E-state index in [4.69, 9.17) is 14.4 Å². The van der Waals surface area contributed by atoms with Gasteiger partial charge in [0.15, 0.2) is 0 Å². The van der Waals surface area contributed by atoms with Gasteiger partial charge in [0.1, 0.15) is 12.4 Å². The van der Waals surface area contributed by atoms with Crippen molar-refractivity contribution in [1.82, 2.24) is 5.48 Å². The Bertz CT molecular complexity index is 869. The molecule has 9 heteroatoms. The van der Waals surface area contributed by atoms with E-state index < -0.39 is 17.7 Å². The van der Waals surface area contributed by atoms with Crippen LogP contribution < -0.4 is 15.7 Å². The Kier molecular flexibility index (Phi) is 7.63. The summed E-state index contributed by atoms with van der Waals surface area (Å²) < 4.78 is 43.9. The second kappa shape index (κ2) is 9.94. The quantitative estimate of drug-likeness (QED) is 0.355. The van der Waals surface area contributed by atoms with Crippen molar-refractivity contribution in [2.75, 3.05) is 12.6 Å². The number of carbonyl (C=O) groups excluding carboxylic acids is 1. The highest BCUT2D eigenvalue weighted by molar-refractivity contribution is 5.73. The van der Waals surface area contributed by atoms with Crippen molar-refractivity contribution in [3.63, 3.8) is 0 Å². The molecule has 2 rings (SSSR count). The van der Waals surface area contributed by atoms with Crippen LogP contribution in [0.3, 0.4) is 0 Å². The summed E-state index contributed by atoms with van der Waals surface area (Å²) in [6.07, 6.45) is -4.27. The molecule has 0 bridgehead atoms. The van der Waals surface area contributed by atoms with Crippen molar-refractivity contribution in [1.29, 1.82) is 0 Å². The van der Waals surface area contributed by atoms with Gasteiger partial charge in [0.25, 0.3) is 0 Å². The molecule has 2 N–H and O–H groups in total. The lowest BCUT2D eigenvalue weighted by Gasteiger charge is -2.16. The molecule has 0 unspecified atom stereocenters. The molecule has 0 radical (unpaired) electrons. The van der Waals surface area contributed by atoms with E-state index in [9.17, 15) is 18.0 Å². The highest BCUT2D eigenvalue weighted by Gasteiger charge is 2.30. The number of hydroxylamine groups is 1. The number of nitrogens with one attached hydrogen (secondary N) is 2. The van der Waals surface area contributed by atoms with Crippen molar-refractivity contribution in [3.05, 3.63) is 65.7 Å². The highest BCUT2D eigenvalue weighted by Crippen LogP contribution is 2.31. The molecule has 0 aliphatic rings. The Labute approximate surface area is 166 Å². The minimum Gasteiger partial charge on any atom is -0.426 e. The lowest BCUT2D eigenvalue weighted by atomic mass is 10.1. The molecule has 0 fully saturated rings. The summed E-state index contributed by atoms with van der Waals surface area (Å²) in [6, 6.07) is 9.64. The summed E-state index contributed by atoms with van der Waals surface area (Å²) in [5, 5.41) is 0. The molecule has 0 heterocycles. The van der Waals surface area contributed by atoms with Crippen molar-refractivity contribution in [2.45, 2.75) is 26.1 Å². The maximum absolute atomic E-state index is 12.9. The van der Waals surface area contributed by atoms with E-state index in [-0.39, 0.29) is 30.0 Å². The van der Waals surface area contributed by atoms with Gasteiger partial charge < -0.3 is 4.74 Å². The summed E-state index contributed by atoms with van der Waals surface area (Å²) in [6.45, 7) is 5.27. The Morgan fingerprint density at radius 2 is 1.90 bits per heavy atom. The average Bonchev–Trinajstić information content (AvgIpc) is 2.69. The molecule has 0 amide bonds. The number of esters is 1. The van der Waals surface area contributed by atoms with Gasteiger partial charge in [-0.1, -0.05) is 31.7 Å². The number of benzene rings is 2. The van der Waals surface area contributed by atoms with Crippen molar-refractivity contribution in [2.24, 2.45) is 0 Å². The molecular formula is C20H21F3N2O4. The summed E-state index contributed by atoms with van der Waals surface area (Å²) in [4.78, 5) is 21.9. The SMILES string of the molecule is C=C(NOCc1c(NOC)cccc1OC(=O)CC)c1cccc(C(F)(F)F)c1. The van der Waals surface area contributed by atoms with E-state index in [1.807, 2.05) is 0 Å². The van der Waals surface area contributed by atoms with Crippen LogP contribution in [-0.4, -0.2) is 13.1 Å². The number of alkyl halides is 3. The summed E-state index contributed by atoms with van der Waals surface area (Å²) in [5.74, 6) is -0.160. The second-order valence-corrected chi connectivity index (χ2v) is 5.86. The van der Waals surface area contributed by atoms with Gasteiger partial charge in [-0.25, -0.2) is 0 Å². The Morgan fingerprint density at radius 1 is 1.17 bits per heavy atom. The van der Waals surface area contributed by atoms with Crippen LogP contribution in [-0.2, 0) is 27.3 Å². The third kappa shape index (κ3) is 6.23. The van der Waals surface area contributed by atoms with E-state index >= 15 is 0 Å². The number of carbonyl (C=O) groups is 1. The third-order valence-electron chi connectivity index (χ3n) is 3.81. The molecule has 0 aliphatic heterocycles. The maximum Gasteiger partial charge on any atom is 0.416 e. The molecule has 0 saturated heterocycles. The molecule has 2 aromatic carbocycles. The average molecular weight is 410 g/mol. The lowest BCUT2D eigenvalue weighted by molar-refractivity contribution is -0.137. The predicted molar refractivity (Wildman–Crippen MR) is 101 cm³/mol. The van der Waals surface area contributed by atoms with Crippen LogP contribution in [0.5, 0.6) is 5.75 Å². The molecular weight excluding hydrogens is 389 g/mol. The first-order chi connectivity index (χ1) is 13.8. The number of ether oxygens (including phenoxy) is 1. The standard InChI is InChI=1S/C20H21F3N2O4/c1-4-19(26)29-18-10-6-9-17(25-27-3)16(18)12-28-24-13(2)14-7-5-8-15(11-14)20(21,22)23/h5-11,24-25H,2,4,12H2,1,3H3. The number of anilines is 1. The summed E-state index contributed by atoms with van der Waals surface area (Å²) >= 11 is 0. The van der Waals surface area contributed by atoms with Gasteiger partial charge in [0.05, 0.1) is 24.1 Å². The summed E-state index contributed by atoms with van der Waals surface area (Å²) in [5.41, 5.74) is 5.72. The van der Waals surface area contributed by atoms with Crippen molar-refractivity contribution < 1.29 is 32.4 Å². The first-order valence-corrected chi connectivity index (χ1v) is 8.62. The molecule has 0 aliphatic carbocycles. The molecule has 156 valence electrons. The van der Waals surface area contributed by atoms with Gasteiger partial charge in [0, 0.05) is 12.0 Å². The minimum atomic E-state index is -4.46. The zero-order valence-corrected chi connectivity index (χ0v) is 15.9. The fourth-order valence-electron chi connectivity index (χ4n) is 2.35. The van der Waals surface area contributed by atoms with Crippen molar-refractivity contribution >= 4 is 17.4 Å². The van der Waals surface area contributed by atoms with Crippen LogP contribution in [0.2, 0.25) is 0 Å². The zero-order chi connectivity index (χ0) is 21.4. The summed E-state index contributed by atoms with van der Waals surface area (Å²) in [7, 11) is 1.42. The Hall–Kier alpha value is -3.04. The maximum atomic E-state index is 12.9. The van der Waals surface area contributed by atoms with Gasteiger partial charge in [0.2, 0.25) is 0 Å². The van der Waals surface area contributed by atoms with Crippen molar-refractivity contribution in [3.8, 4) is 5.75 Å². The first-order valence-electron chi connectivity index (χ1n) is 8.62. The third-order valence-corrected chi connectivity index (χ3v) is 3.81. The van der Waals surface area contributed by atoms with E-state index in [0.717, 1.165) is 12.1 Å². The second-order valence-electron chi connectivity index (χ2n) is 5.86. The zero-order valence-electron chi connectivity index (χ0n) is 15.9. The number of hydrogen-bond donors (Lipinski definition) is 2. The van der Waals surface area contributed by atoms with Gasteiger partial charge in [-0.3, -0.25) is 25.4 Å². The molecule has 0 atom stereocenters. The first kappa shape index (κ1) is 22.3. The van der Waals surface area contributed by atoms with E-state index in [1.54, 1.807) is 25.1 Å². The largest absolute Gasteiger partial charge is 0.426 e. The van der Waals surface area contributed by atoms with Crippen LogP contribution in [0.15, 0.2) is 49.0 Å². The molecule has 29 heavy (non-hydrogen) atoms. The Balaban J connectivity index is 2.11. The lowest BCUT2D eigenvalue weighted by Crippen LogP contribution is -2.15. The minimum absolute atomic E-state index is 0.0865. The molecule has 6 nitrogen and oxygen atoms in total. The number of hydrogen-bond acceptors (Lipinski definition) is 6. The van der Waals surface area contributed by atoms with Gasteiger partial charge in [-0.15, -0.1) is 0 Å². The predicted octanol–water partition coefficient (Wildman–Crippen LogP) is 4.69. The number of rotatable bonds is 9. The smallest absolute Gasteiger partial charge is 0.416 e. The monoisotopic (exact) mass is 410 g/mol. The highest BCUT2D eigenvalue weighted by atomic mass is 19.4. The van der Waals surface area contributed by atoms with Crippen LogP contribution in [0, 0.1) is 0 Å². The molecule has 0 saturated carbocycles. The van der Waals surface area contributed by atoms with Crippen LogP contribution in [0.1, 0.15) is 30.0 Å². The number of halogens is 3. The van der Waals surface area contributed by atoms with Crippen LogP contribution >= 0.6 is 0 Å². The topological polar surface area (TPSA) is 68.8 Å². The molecule has 2 aromatic rings. The van der Waals surface area contributed by atoms with Gasteiger partial charge >= 0.3 is 12.1 Å². The fourth-order valence-corrected chi connectivity index (χ4v) is 2.35. The van der Waals surface area contributed by atoms with Crippen LogP contribution in [0.4, 0.5) is 18.9 Å². The van der Waals surface area contributed by atoms with Crippen LogP contribution in [0.25, 0.3) is 5.70 Å².